The summed E-state index contributed by atoms with van der Waals surface area (Å²) in [6.45, 7) is 2.20. The Kier molecular flexibility index (Phi) is 11.8. The fourth-order valence-corrected chi connectivity index (χ4v) is 3.37. The quantitative estimate of drug-likeness (QED) is 0.203. The molecule has 0 spiro atoms. The second-order valence-corrected chi connectivity index (χ2v) is 6.84. The highest BCUT2D eigenvalue weighted by Gasteiger charge is 2.16. The minimum atomic E-state index is -2.92. The molecule has 1 aromatic heterocycles. The maximum Gasteiger partial charge on any atom is 0.387 e. The van der Waals surface area contributed by atoms with Crippen molar-refractivity contribution in [2.45, 2.75) is 39.8 Å². The van der Waals surface area contributed by atoms with Gasteiger partial charge in [0.2, 0.25) is 0 Å². The summed E-state index contributed by atoms with van der Waals surface area (Å²) in [6.07, 6.45) is 1.80. The summed E-state index contributed by atoms with van der Waals surface area (Å²) in [4.78, 5) is 8.60. The summed E-state index contributed by atoms with van der Waals surface area (Å²) in [5.74, 6) is 0.922. The second-order valence-electron chi connectivity index (χ2n) is 5.89. The molecule has 2 N–H and O–H groups in total. The Hall–Kier alpha value is -1.69. The van der Waals surface area contributed by atoms with Crippen LogP contribution in [0.5, 0.6) is 11.5 Å². The molecular formula is C19H27F2IN4O2S. The first kappa shape index (κ1) is 25.3. The molecule has 6 nitrogen and oxygen atoms in total. The molecule has 162 valence electrons. The molecule has 0 fully saturated rings. The van der Waals surface area contributed by atoms with Crippen LogP contribution in [0.4, 0.5) is 8.78 Å². The zero-order valence-corrected chi connectivity index (χ0v) is 19.9. The maximum absolute atomic E-state index is 12.8. The van der Waals surface area contributed by atoms with Crippen LogP contribution in [0.2, 0.25) is 0 Å². The molecule has 0 radical (unpaired) electrons. The van der Waals surface area contributed by atoms with Gasteiger partial charge in [-0.25, -0.2) is 4.98 Å². The lowest BCUT2D eigenvalue weighted by Crippen LogP contribution is -2.37. The Morgan fingerprint density at radius 3 is 2.72 bits per heavy atom. The molecule has 0 unspecified atom stereocenters. The van der Waals surface area contributed by atoms with Gasteiger partial charge in [0, 0.05) is 43.2 Å². The van der Waals surface area contributed by atoms with Gasteiger partial charge in [0.25, 0.3) is 0 Å². The number of para-hydroxylation sites is 1. The Morgan fingerprint density at radius 2 is 2.10 bits per heavy atom. The summed E-state index contributed by atoms with van der Waals surface area (Å²) in [6, 6.07) is 5.07. The first-order valence-corrected chi connectivity index (χ1v) is 9.96. The predicted octanol–water partition coefficient (Wildman–Crippen LogP) is 4.37. The van der Waals surface area contributed by atoms with Gasteiger partial charge in [0.1, 0.15) is 0 Å². The van der Waals surface area contributed by atoms with Crippen LogP contribution < -0.4 is 20.1 Å². The number of ether oxygens (including phenoxy) is 2. The van der Waals surface area contributed by atoms with E-state index in [1.807, 2.05) is 12.3 Å². The van der Waals surface area contributed by atoms with Gasteiger partial charge in [-0.15, -0.1) is 35.3 Å². The van der Waals surface area contributed by atoms with E-state index in [0.29, 0.717) is 23.9 Å². The lowest BCUT2D eigenvalue weighted by molar-refractivity contribution is -0.0520. The number of benzene rings is 1. The number of guanidine groups is 1. The van der Waals surface area contributed by atoms with Crippen LogP contribution in [0.15, 0.2) is 28.6 Å². The number of rotatable bonds is 10. The average molecular weight is 540 g/mol. The number of halogens is 3. The molecule has 29 heavy (non-hydrogen) atoms. The van der Waals surface area contributed by atoms with E-state index in [1.165, 1.54) is 0 Å². The van der Waals surface area contributed by atoms with Crippen molar-refractivity contribution in [3.63, 3.8) is 0 Å². The van der Waals surface area contributed by atoms with Crippen molar-refractivity contribution in [3.05, 3.63) is 39.8 Å². The van der Waals surface area contributed by atoms with Crippen LogP contribution in [0, 0.1) is 6.92 Å². The number of hydrogen-bond donors (Lipinski definition) is 2. The number of aliphatic imine (C=N–C) groups is 1. The Bertz CT molecular complexity index is 774. The molecule has 0 saturated heterocycles. The first-order valence-electron chi connectivity index (χ1n) is 9.08. The molecule has 0 amide bonds. The number of aromatic nitrogens is 1. The van der Waals surface area contributed by atoms with Gasteiger partial charge in [0.15, 0.2) is 17.5 Å². The molecule has 0 saturated carbocycles. The molecular weight excluding hydrogens is 513 g/mol. The third-order valence-corrected chi connectivity index (χ3v) is 4.79. The first-order chi connectivity index (χ1) is 13.5. The lowest BCUT2D eigenvalue weighted by Gasteiger charge is -2.17. The summed E-state index contributed by atoms with van der Waals surface area (Å²) in [7, 11) is 1.66. The highest BCUT2D eigenvalue weighted by atomic mass is 127. The van der Waals surface area contributed by atoms with Crippen molar-refractivity contribution in [1.82, 2.24) is 15.6 Å². The van der Waals surface area contributed by atoms with Gasteiger partial charge in [0.05, 0.1) is 11.6 Å². The van der Waals surface area contributed by atoms with E-state index >= 15 is 0 Å². The fourth-order valence-electron chi connectivity index (χ4n) is 2.56. The molecule has 10 heteroatoms. The molecule has 0 aliphatic rings. The van der Waals surface area contributed by atoms with Crippen LogP contribution in [0.25, 0.3) is 0 Å². The van der Waals surface area contributed by atoms with Crippen LogP contribution in [0.3, 0.4) is 0 Å². The van der Waals surface area contributed by atoms with Crippen LogP contribution in [0.1, 0.15) is 29.6 Å². The summed E-state index contributed by atoms with van der Waals surface area (Å²) in [5, 5.41) is 9.48. The minimum Gasteiger partial charge on any atom is -0.490 e. The Morgan fingerprint density at radius 1 is 1.31 bits per heavy atom. The summed E-state index contributed by atoms with van der Waals surface area (Å²) < 4.78 is 35.7. The standard InChI is InChI=1S/C19H26F2N4O2S.HI/c1-4-26-15-8-5-7-14(17(15)27-18(20)21)11-24-19(22-3)23-10-6-9-16-25-13(2)12-28-16;/h5,7-8,12,18H,4,6,9-11H2,1-3H3,(H2,22,23,24);1H. The van der Waals surface area contributed by atoms with E-state index in [4.69, 9.17) is 4.74 Å². The fraction of sp³-hybridized carbons (Fsp3) is 0.474. The summed E-state index contributed by atoms with van der Waals surface area (Å²) >= 11 is 1.66. The van der Waals surface area contributed by atoms with E-state index in [2.05, 4.69) is 25.3 Å². The van der Waals surface area contributed by atoms with Crippen LogP contribution in [-0.4, -0.2) is 37.8 Å². The van der Waals surface area contributed by atoms with Crippen molar-refractivity contribution in [1.29, 1.82) is 0 Å². The maximum atomic E-state index is 12.8. The predicted molar refractivity (Wildman–Crippen MR) is 123 cm³/mol. The van der Waals surface area contributed by atoms with Crippen molar-refractivity contribution in [2.75, 3.05) is 20.2 Å². The molecule has 2 aromatic rings. The van der Waals surface area contributed by atoms with E-state index in [0.717, 1.165) is 30.1 Å². The van der Waals surface area contributed by atoms with Gasteiger partial charge in [-0.05, 0) is 26.3 Å². The minimum absolute atomic E-state index is 0. The highest BCUT2D eigenvalue weighted by Crippen LogP contribution is 2.32. The third kappa shape index (κ3) is 8.69. The summed E-state index contributed by atoms with van der Waals surface area (Å²) in [5.41, 5.74) is 1.61. The van der Waals surface area contributed by atoms with Gasteiger partial charge in [-0.1, -0.05) is 12.1 Å². The SMILES string of the molecule is CCOc1cccc(CNC(=NC)NCCCc2nc(C)cs2)c1OC(F)F.I. The van der Waals surface area contributed by atoms with Crippen molar-refractivity contribution < 1.29 is 18.3 Å². The van der Waals surface area contributed by atoms with Crippen LogP contribution >= 0.6 is 35.3 Å². The molecule has 0 bridgehead atoms. The van der Waals surface area contributed by atoms with Gasteiger partial charge in [-0.3, -0.25) is 4.99 Å². The number of nitrogens with one attached hydrogen (secondary N) is 2. The number of hydrogen-bond acceptors (Lipinski definition) is 5. The van der Waals surface area contributed by atoms with E-state index in [-0.39, 0.29) is 36.3 Å². The van der Waals surface area contributed by atoms with Gasteiger partial charge >= 0.3 is 6.61 Å². The molecule has 0 aliphatic heterocycles. The monoisotopic (exact) mass is 540 g/mol. The topological polar surface area (TPSA) is 67.8 Å². The molecule has 0 atom stereocenters. The number of alkyl halides is 2. The van der Waals surface area contributed by atoms with Crippen molar-refractivity contribution in [2.24, 2.45) is 4.99 Å². The van der Waals surface area contributed by atoms with Crippen LogP contribution in [-0.2, 0) is 13.0 Å². The second kappa shape index (κ2) is 13.5. The number of thiazole rings is 1. The number of nitrogens with zero attached hydrogens (tertiary/aromatic N) is 2. The molecule has 1 aromatic carbocycles. The zero-order valence-electron chi connectivity index (χ0n) is 16.7. The lowest BCUT2D eigenvalue weighted by atomic mass is 10.2. The average Bonchev–Trinajstić information content (AvgIpc) is 3.08. The van der Waals surface area contributed by atoms with E-state index < -0.39 is 6.61 Å². The Balaban J connectivity index is 0.00000420. The van der Waals surface area contributed by atoms with E-state index in [9.17, 15) is 8.78 Å². The van der Waals surface area contributed by atoms with Crippen molar-refractivity contribution in [3.8, 4) is 11.5 Å². The zero-order chi connectivity index (χ0) is 20.4. The Labute approximate surface area is 191 Å². The third-order valence-electron chi connectivity index (χ3n) is 3.76. The number of aryl methyl sites for hydroxylation is 2. The highest BCUT2D eigenvalue weighted by molar-refractivity contribution is 14.0. The smallest absolute Gasteiger partial charge is 0.387 e. The molecule has 2 rings (SSSR count). The van der Waals surface area contributed by atoms with Crippen molar-refractivity contribution >= 4 is 41.3 Å². The molecule has 1 heterocycles. The molecule has 0 aliphatic carbocycles. The van der Waals surface area contributed by atoms with E-state index in [1.54, 1.807) is 43.5 Å². The normalized spacial score (nSPS) is 11.2. The van der Waals surface area contributed by atoms with Gasteiger partial charge < -0.3 is 20.1 Å². The van der Waals surface area contributed by atoms with Gasteiger partial charge in [-0.2, -0.15) is 8.78 Å². The largest absolute Gasteiger partial charge is 0.490 e.